The highest BCUT2D eigenvalue weighted by molar-refractivity contribution is 5.95. The normalized spacial score (nSPS) is 14.6. The van der Waals surface area contributed by atoms with Gasteiger partial charge in [0.25, 0.3) is 5.91 Å². The van der Waals surface area contributed by atoms with Gasteiger partial charge in [-0.05, 0) is 35.7 Å². The summed E-state index contributed by atoms with van der Waals surface area (Å²) in [5.74, 6) is 0.0156. The number of amides is 2. The van der Waals surface area contributed by atoms with E-state index in [0.29, 0.717) is 44.9 Å². The molecule has 0 aromatic heterocycles. The number of anilines is 1. The Morgan fingerprint density at radius 2 is 1.79 bits per heavy atom. The molecule has 0 unspecified atom stereocenters. The number of piperazine rings is 1. The van der Waals surface area contributed by atoms with Crippen LogP contribution in [0.15, 0.2) is 48.5 Å². The van der Waals surface area contributed by atoms with E-state index in [4.69, 9.17) is 4.74 Å². The fourth-order valence-corrected chi connectivity index (χ4v) is 3.60. The molecular formula is C23H29N3O3. The maximum Gasteiger partial charge on any atom is 0.253 e. The standard InChI is InChI=1S/C23H29N3O3/c1-3-19-8-4-5-10-21(19)24-22(27)16-25-11-13-26(14-12-25)23(28)20-9-6-7-18(15-20)17-29-2/h4-10,15H,3,11-14,16-17H2,1-2H3,(H,24,27). The summed E-state index contributed by atoms with van der Waals surface area (Å²) in [6, 6.07) is 15.4. The van der Waals surface area contributed by atoms with Crippen LogP contribution in [0.2, 0.25) is 0 Å². The number of rotatable bonds is 7. The van der Waals surface area contributed by atoms with Crippen LogP contribution in [0.3, 0.4) is 0 Å². The van der Waals surface area contributed by atoms with Crippen LogP contribution in [0.4, 0.5) is 5.69 Å². The van der Waals surface area contributed by atoms with Gasteiger partial charge in [-0.25, -0.2) is 0 Å². The van der Waals surface area contributed by atoms with Gasteiger partial charge >= 0.3 is 0 Å². The van der Waals surface area contributed by atoms with Gasteiger partial charge in [-0.2, -0.15) is 0 Å². The zero-order chi connectivity index (χ0) is 20.6. The van der Waals surface area contributed by atoms with Gasteiger partial charge in [0.1, 0.15) is 0 Å². The smallest absolute Gasteiger partial charge is 0.253 e. The van der Waals surface area contributed by atoms with Crippen molar-refractivity contribution in [1.82, 2.24) is 9.80 Å². The van der Waals surface area contributed by atoms with Crippen molar-refractivity contribution >= 4 is 17.5 Å². The molecule has 29 heavy (non-hydrogen) atoms. The number of carbonyl (C=O) groups excluding carboxylic acids is 2. The van der Waals surface area contributed by atoms with Crippen molar-refractivity contribution in [3.8, 4) is 0 Å². The Hall–Kier alpha value is -2.70. The number of aryl methyl sites for hydroxylation is 1. The lowest BCUT2D eigenvalue weighted by Crippen LogP contribution is -2.50. The van der Waals surface area contributed by atoms with Gasteiger partial charge in [-0.1, -0.05) is 37.3 Å². The van der Waals surface area contributed by atoms with Crippen molar-refractivity contribution in [2.24, 2.45) is 0 Å². The van der Waals surface area contributed by atoms with E-state index in [1.54, 1.807) is 7.11 Å². The Labute approximate surface area is 172 Å². The highest BCUT2D eigenvalue weighted by Crippen LogP contribution is 2.16. The van der Waals surface area contributed by atoms with E-state index >= 15 is 0 Å². The molecular weight excluding hydrogens is 366 g/mol. The first-order valence-corrected chi connectivity index (χ1v) is 10.1. The van der Waals surface area contributed by atoms with Crippen LogP contribution < -0.4 is 5.32 Å². The van der Waals surface area contributed by atoms with Crippen LogP contribution >= 0.6 is 0 Å². The lowest BCUT2D eigenvalue weighted by Gasteiger charge is -2.34. The summed E-state index contributed by atoms with van der Waals surface area (Å²) in [6.45, 7) is 5.51. The predicted octanol–water partition coefficient (Wildman–Crippen LogP) is 2.79. The molecule has 2 aromatic carbocycles. The third kappa shape index (κ3) is 5.65. The van der Waals surface area contributed by atoms with Crippen molar-refractivity contribution in [3.05, 3.63) is 65.2 Å². The van der Waals surface area contributed by atoms with Crippen molar-refractivity contribution in [2.45, 2.75) is 20.0 Å². The van der Waals surface area contributed by atoms with E-state index in [-0.39, 0.29) is 11.8 Å². The second-order valence-electron chi connectivity index (χ2n) is 7.26. The minimum atomic E-state index is -0.0158. The van der Waals surface area contributed by atoms with E-state index in [0.717, 1.165) is 23.2 Å². The van der Waals surface area contributed by atoms with Crippen LogP contribution in [-0.2, 0) is 22.6 Å². The number of hydrogen-bond acceptors (Lipinski definition) is 4. The number of hydrogen-bond donors (Lipinski definition) is 1. The Kier molecular flexibility index (Phi) is 7.38. The van der Waals surface area contributed by atoms with Crippen LogP contribution in [0.1, 0.15) is 28.4 Å². The molecule has 0 saturated carbocycles. The average Bonchev–Trinajstić information content (AvgIpc) is 2.74. The van der Waals surface area contributed by atoms with Crippen molar-refractivity contribution < 1.29 is 14.3 Å². The first-order chi connectivity index (χ1) is 14.1. The molecule has 6 nitrogen and oxygen atoms in total. The van der Waals surface area contributed by atoms with E-state index < -0.39 is 0 Å². The molecule has 1 aliphatic heterocycles. The summed E-state index contributed by atoms with van der Waals surface area (Å²) in [4.78, 5) is 29.2. The third-order valence-corrected chi connectivity index (χ3v) is 5.18. The van der Waals surface area contributed by atoms with Gasteiger partial charge in [-0.3, -0.25) is 14.5 Å². The molecule has 1 N–H and O–H groups in total. The molecule has 0 atom stereocenters. The Bertz CT molecular complexity index is 845. The van der Waals surface area contributed by atoms with E-state index in [1.807, 2.05) is 53.4 Å². The van der Waals surface area contributed by atoms with E-state index in [1.165, 1.54) is 0 Å². The summed E-state index contributed by atoms with van der Waals surface area (Å²) in [6.07, 6.45) is 0.878. The van der Waals surface area contributed by atoms with Crippen molar-refractivity contribution in [3.63, 3.8) is 0 Å². The van der Waals surface area contributed by atoms with E-state index in [2.05, 4.69) is 17.1 Å². The molecule has 1 aliphatic rings. The quantitative estimate of drug-likeness (QED) is 0.783. The second kappa shape index (κ2) is 10.2. The number of nitrogens with one attached hydrogen (secondary N) is 1. The first-order valence-electron chi connectivity index (χ1n) is 10.1. The van der Waals surface area contributed by atoms with Crippen molar-refractivity contribution in [2.75, 3.05) is 45.2 Å². The minimum absolute atomic E-state index is 0.0158. The Balaban J connectivity index is 1.50. The number of ether oxygens (including phenoxy) is 1. The number of para-hydroxylation sites is 1. The summed E-state index contributed by atoms with van der Waals surface area (Å²) in [5.41, 5.74) is 3.68. The topological polar surface area (TPSA) is 61.9 Å². The number of nitrogens with zero attached hydrogens (tertiary/aromatic N) is 2. The Morgan fingerprint density at radius 3 is 2.52 bits per heavy atom. The van der Waals surface area contributed by atoms with Gasteiger partial charge in [0.15, 0.2) is 0 Å². The molecule has 1 fully saturated rings. The van der Waals surface area contributed by atoms with Crippen molar-refractivity contribution in [1.29, 1.82) is 0 Å². The van der Waals surface area contributed by atoms with Gasteiger partial charge < -0.3 is 15.0 Å². The molecule has 6 heteroatoms. The summed E-state index contributed by atoms with van der Waals surface area (Å²) in [5, 5.41) is 3.01. The molecule has 3 rings (SSSR count). The predicted molar refractivity (Wildman–Crippen MR) is 114 cm³/mol. The second-order valence-corrected chi connectivity index (χ2v) is 7.26. The molecule has 2 aromatic rings. The van der Waals surface area contributed by atoms with Crippen LogP contribution in [0.5, 0.6) is 0 Å². The van der Waals surface area contributed by atoms with E-state index in [9.17, 15) is 9.59 Å². The van der Waals surface area contributed by atoms with Gasteiger partial charge in [0.05, 0.1) is 13.2 Å². The highest BCUT2D eigenvalue weighted by Gasteiger charge is 2.23. The van der Waals surface area contributed by atoms with Gasteiger partial charge in [0, 0.05) is 44.5 Å². The minimum Gasteiger partial charge on any atom is -0.380 e. The number of carbonyl (C=O) groups is 2. The highest BCUT2D eigenvalue weighted by atomic mass is 16.5. The average molecular weight is 396 g/mol. The zero-order valence-corrected chi connectivity index (χ0v) is 17.2. The fourth-order valence-electron chi connectivity index (χ4n) is 3.60. The molecule has 2 amide bonds. The lowest BCUT2D eigenvalue weighted by molar-refractivity contribution is -0.117. The molecule has 0 aliphatic carbocycles. The summed E-state index contributed by atoms with van der Waals surface area (Å²) in [7, 11) is 1.64. The summed E-state index contributed by atoms with van der Waals surface area (Å²) >= 11 is 0. The number of benzene rings is 2. The molecule has 1 saturated heterocycles. The SMILES string of the molecule is CCc1ccccc1NC(=O)CN1CCN(C(=O)c2cccc(COC)c2)CC1. The molecule has 0 bridgehead atoms. The lowest BCUT2D eigenvalue weighted by atomic mass is 10.1. The molecule has 0 radical (unpaired) electrons. The maximum absolute atomic E-state index is 12.8. The molecule has 154 valence electrons. The molecule has 0 spiro atoms. The zero-order valence-electron chi connectivity index (χ0n) is 17.2. The van der Waals surface area contributed by atoms with Gasteiger partial charge in [-0.15, -0.1) is 0 Å². The maximum atomic E-state index is 12.8. The monoisotopic (exact) mass is 395 g/mol. The van der Waals surface area contributed by atoms with Crippen LogP contribution in [0, 0.1) is 0 Å². The summed E-state index contributed by atoms with van der Waals surface area (Å²) < 4.78 is 5.15. The third-order valence-electron chi connectivity index (χ3n) is 5.18. The van der Waals surface area contributed by atoms with Crippen LogP contribution in [0.25, 0.3) is 0 Å². The van der Waals surface area contributed by atoms with Crippen LogP contribution in [-0.4, -0.2) is 61.4 Å². The fraction of sp³-hybridized carbons (Fsp3) is 0.391. The molecule has 1 heterocycles. The largest absolute Gasteiger partial charge is 0.380 e. The first kappa shape index (κ1) is 21.0. The Morgan fingerprint density at radius 1 is 1.03 bits per heavy atom. The van der Waals surface area contributed by atoms with Gasteiger partial charge in [0.2, 0.25) is 5.91 Å². The number of methoxy groups -OCH3 is 1.